The van der Waals surface area contributed by atoms with Gasteiger partial charge in [-0.25, -0.2) is 9.59 Å². The number of hydrogen-bond donors (Lipinski definition) is 2. The zero-order chi connectivity index (χ0) is 15.3. The van der Waals surface area contributed by atoms with Gasteiger partial charge in [-0.05, 0) is 27.3 Å². The molecule has 0 unspecified atom stereocenters. The highest BCUT2D eigenvalue weighted by Crippen LogP contribution is 2.18. The van der Waals surface area contributed by atoms with Crippen LogP contribution < -0.4 is 5.32 Å². The number of nitrogens with one attached hydrogen (secondary N) is 1. The first-order chi connectivity index (χ1) is 9.27. The third-order valence-corrected chi connectivity index (χ3v) is 4.05. The maximum atomic E-state index is 12.2. The van der Waals surface area contributed by atoms with Crippen molar-refractivity contribution in [2.45, 2.75) is 51.6 Å². The molecule has 1 aliphatic heterocycles. The van der Waals surface area contributed by atoms with Gasteiger partial charge in [0.25, 0.3) is 0 Å². The number of hydrogen-bond acceptors (Lipinski definition) is 3. The zero-order valence-corrected chi connectivity index (χ0v) is 13.0. The molecule has 20 heavy (non-hydrogen) atoms. The molecule has 0 spiro atoms. The van der Waals surface area contributed by atoms with Crippen LogP contribution in [-0.2, 0) is 4.79 Å². The summed E-state index contributed by atoms with van der Waals surface area (Å²) in [5.41, 5.74) is -0.0856. The minimum absolute atomic E-state index is 0.0856. The lowest BCUT2D eigenvalue weighted by Crippen LogP contribution is -2.61. The summed E-state index contributed by atoms with van der Waals surface area (Å²) in [6, 6.07) is -1.06. The number of unbranched alkanes of at least 4 members (excludes halogenated alkanes) is 1. The third kappa shape index (κ3) is 4.37. The first-order valence-electron chi connectivity index (χ1n) is 7.27. The Morgan fingerprint density at radius 1 is 1.35 bits per heavy atom. The predicted octanol–water partition coefficient (Wildman–Crippen LogP) is 1.37. The zero-order valence-electron chi connectivity index (χ0n) is 13.0. The highest BCUT2D eigenvalue weighted by Gasteiger charge is 2.34. The second-order valence-electron chi connectivity index (χ2n) is 6.14. The fourth-order valence-electron chi connectivity index (χ4n) is 2.32. The monoisotopic (exact) mass is 285 g/mol. The van der Waals surface area contributed by atoms with Crippen molar-refractivity contribution >= 4 is 12.0 Å². The van der Waals surface area contributed by atoms with E-state index in [9.17, 15) is 9.59 Å². The van der Waals surface area contributed by atoms with Crippen molar-refractivity contribution in [2.24, 2.45) is 0 Å². The van der Waals surface area contributed by atoms with Crippen LogP contribution in [0.25, 0.3) is 0 Å². The van der Waals surface area contributed by atoms with Gasteiger partial charge in [-0.3, -0.25) is 4.90 Å². The molecule has 1 aliphatic rings. The highest BCUT2D eigenvalue weighted by molar-refractivity contribution is 5.82. The number of carbonyl (C=O) groups is 2. The van der Waals surface area contributed by atoms with Crippen molar-refractivity contribution < 1.29 is 14.7 Å². The molecular weight excluding hydrogens is 258 g/mol. The lowest BCUT2D eigenvalue weighted by molar-refractivity contribution is -0.139. The van der Waals surface area contributed by atoms with Crippen LogP contribution in [0.2, 0.25) is 0 Å². The molecule has 2 amide bonds. The average molecular weight is 285 g/mol. The molecule has 0 radical (unpaired) electrons. The van der Waals surface area contributed by atoms with Gasteiger partial charge in [0.05, 0.1) is 0 Å². The van der Waals surface area contributed by atoms with E-state index in [1.165, 1.54) is 0 Å². The number of likely N-dealkylation sites (N-methyl/N-ethyl adjacent to an activating group) is 1. The molecule has 1 rings (SSSR count). The number of rotatable bonds is 5. The van der Waals surface area contributed by atoms with E-state index in [-0.39, 0.29) is 11.6 Å². The van der Waals surface area contributed by atoms with Crippen molar-refractivity contribution in [3.05, 3.63) is 0 Å². The standard InChI is InChI=1S/C14H27N3O3/c1-5-6-7-11(12(18)19)15-13(20)17-9-8-16(4)14(2,3)10-17/h11H,5-10H2,1-4H3,(H,15,20)(H,18,19)/t11-/m0/s1. The fourth-order valence-corrected chi connectivity index (χ4v) is 2.32. The van der Waals surface area contributed by atoms with Gasteiger partial charge in [0.15, 0.2) is 0 Å². The second kappa shape index (κ2) is 6.92. The molecule has 1 saturated heterocycles. The fraction of sp³-hybridized carbons (Fsp3) is 0.857. The predicted molar refractivity (Wildman–Crippen MR) is 77.8 cm³/mol. The molecule has 1 fully saturated rings. The van der Waals surface area contributed by atoms with Crippen molar-refractivity contribution in [1.29, 1.82) is 0 Å². The Bertz CT molecular complexity index is 358. The van der Waals surface area contributed by atoms with E-state index in [0.29, 0.717) is 19.5 Å². The van der Waals surface area contributed by atoms with Gasteiger partial charge in [-0.2, -0.15) is 0 Å². The summed E-state index contributed by atoms with van der Waals surface area (Å²) >= 11 is 0. The van der Waals surface area contributed by atoms with Crippen molar-refractivity contribution in [3.8, 4) is 0 Å². The number of piperazine rings is 1. The molecule has 0 bridgehead atoms. The van der Waals surface area contributed by atoms with Gasteiger partial charge < -0.3 is 15.3 Å². The lowest BCUT2D eigenvalue weighted by atomic mass is 10.00. The highest BCUT2D eigenvalue weighted by atomic mass is 16.4. The lowest BCUT2D eigenvalue weighted by Gasteiger charge is -2.45. The summed E-state index contributed by atoms with van der Waals surface area (Å²) in [7, 11) is 2.04. The van der Waals surface area contributed by atoms with Gasteiger partial charge in [0, 0.05) is 25.2 Å². The number of carboxylic acid groups (broad SMARTS) is 1. The summed E-state index contributed by atoms with van der Waals surface area (Å²) in [6.07, 6.45) is 2.20. The van der Waals surface area contributed by atoms with Crippen LogP contribution in [0.1, 0.15) is 40.0 Å². The molecule has 116 valence electrons. The van der Waals surface area contributed by atoms with E-state index < -0.39 is 12.0 Å². The van der Waals surface area contributed by atoms with Crippen LogP contribution in [0, 0.1) is 0 Å². The molecule has 0 saturated carbocycles. The molecule has 1 atom stereocenters. The van der Waals surface area contributed by atoms with Crippen molar-refractivity contribution in [1.82, 2.24) is 15.1 Å². The van der Waals surface area contributed by atoms with Gasteiger partial charge in [-0.15, -0.1) is 0 Å². The summed E-state index contributed by atoms with van der Waals surface area (Å²) in [6.45, 7) is 8.20. The summed E-state index contributed by atoms with van der Waals surface area (Å²) in [5, 5.41) is 11.8. The molecule has 6 heteroatoms. The van der Waals surface area contributed by atoms with Crippen LogP contribution in [0.15, 0.2) is 0 Å². The van der Waals surface area contributed by atoms with E-state index in [0.717, 1.165) is 19.4 Å². The SMILES string of the molecule is CCCC[C@H](NC(=O)N1CCN(C)C(C)(C)C1)C(=O)O. The Morgan fingerprint density at radius 2 is 2.00 bits per heavy atom. The van der Waals surface area contributed by atoms with Gasteiger partial charge in [-0.1, -0.05) is 19.8 Å². The first-order valence-corrected chi connectivity index (χ1v) is 7.27. The van der Waals surface area contributed by atoms with Gasteiger partial charge in [0.1, 0.15) is 6.04 Å². The van der Waals surface area contributed by atoms with Crippen LogP contribution in [0.4, 0.5) is 4.79 Å². The van der Waals surface area contributed by atoms with Crippen LogP contribution in [0.5, 0.6) is 0 Å². The minimum atomic E-state index is -0.958. The van der Waals surface area contributed by atoms with E-state index in [2.05, 4.69) is 24.1 Å². The number of nitrogens with zero attached hydrogens (tertiary/aromatic N) is 2. The molecule has 6 nitrogen and oxygen atoms in total. The van der Waals surface area contributed by atoms with E-state index in [1.54, 1.807) is 4.90 Å². The van der Waals surface area contributed by atoms with E-state index in [1.807, 2.05) is 14.0 Å². The number of amides is 2. The number of carbonyl (C=O) groups excluding carboxylic acids is 1. The molecule has 2 N–H and O–H groups in total. The molecule has 0 aromatic rings. The largest absolute Gasteiger partial charge is 0.480 e. The molecule has 0 aliphatic carbocycles. The molecule has 1 heterocycles. The Kier molecular flexibility index (Phi) is 5.80. The summed E-state index contributed by atoms with van der Waals surface area (Å²) < 4.78 is 0. The van der Waals surface area contributed by atoms with Gasteiger partial charge >= 0.3 is 12.0 Å². The number of aliphatic carboxylic acids is 1. The molecule has 0 aromatic carbocycles. The van der Waals surface area contributed by atoms with E-state index in [4.69, 9.17) is 5.11 Å². The van der Waals surface area contributed by atoms with E-state index >= 15 is 0 Å². The van der Waals surface area contributed by atoms with Crippen molar-refractivity contribution in [2.75, 3.05) is 26.7 Å². The maximum absolute atomic E-state index is 12.2. The maximum Gasteiger partial charge on any atom is 0.326 e. The minimum Gasteiger partial charge on any atom is -0.480 e. The third-order valence-electron chi connectivity index (χ3n) is 4.05. The topological polar surface area (TPSA) is 72.9 Å². The quantitative estimate of drug-likeness (QED) is 0.800. The summed E-state index contributed by atoms with van der Waals surface area (Å²) in [5.74, 6) is -0.958. The second-order valence-corrected chi connectivity index (χ2v) is 6.14. The Labute approximate surface area is 121 Å². The molecular formula is C14H27N3O3. The smallest absolute Gasteiger partial charge is 0.326 e. The first kappa shape index (κ1) is 16.8. The van der Waals surface area contributed by atoms with Crippen LogP contribution >= 0.6 is 0 Å². The molecule has 0 aromatic heterocycles. The Balaban J connectivity index is 2.58. The Morgan fingerprint density at radius 3 is 2.50 bits per heavy atom. The summed E-state index contributed by atoms with van der Waals surface area (Å²) in [4.78, 5) is 27.3. The Hall–Kier alpha value is -1.30. The average Bonchev–Trinajstić information content (AvgIpc) is 2.37. The van der Waals surface area contributed by atoms with Gasteiger partial charge in [0.2, 0.25) is 0 Å². The number of urea groups is 1. The van der Waals surface area contributed by atoms with Crippen molar-refractivity contribution in [3.63, 3.8) is 0 Å². The normalized spacial score (nSPS) is 20.5. The van der Waals surface area contributed by atoms with Crippen LogP contribution in [-0.4, -0.2) is 65.2 Å². The number of carboxylic acids is 1. The van der Waals surface area contributed by atoms with Crippen LogP contribution in [0.3, 0.4) is 0 Å².